The second-order valence-corrected chi connectivity index (χ2v) is 5.03. The molecule has 0 saturated carbocycles. The number of anilines is 2. The largest absolute Gasteiger partial charge is 0.493 e. The van der Waals surface area contributed by atoms with Gasteiger partial charge < -0.3 is 20.5 Å². The number of nitrogens with zero attached hydrogens (tertiary/aromatic N) is 2. The average Bonchev–Trinajstić information content (AvgIpc) is 2.64. The van der Waals surface area contributed by atoms with Crippen LogP contribution in [-0.2, 0) is 6.54 Å². The Kier molecular flexibility index (Phi) is 4.76. The molecular formula is C18H18N4O2. The topological polar surface area (TPSA) is 82.3 Å². The highest BCUT2D eigenvalue weighted by Gasteiger charge is 2.12. The quantitative estimate of drug-likeness (QED) is 0.723. The summed E-state index contributed by atoms with van der Waals surface area (Å²) in [6.07, 6.45) is 1.41. The van der Waals surface area contributed by atoms with Crippen molar-refractivity contribution in [3.05, 3.63) is 66.5 Å². The number of rotatable bonds is 6. The van der Waals surface area contributed by atoms with Gasteiger partial charge in [-0.05, 0) is 17.7 Å². The van der Waals surface area contributed by atoms with Crippen LogP contribution < -0.4 is 20.5 Å². The fourth-order valence-corrected chi connectivity index (χ4v) is 2.19. The predicted octanol–water partition coefficient (Wildman–Crippen LogP) is 3.47. The normalized spacial score (nSPS) is 10.2. The van der Waals surface area contributed by atoms with Crippen molar-refractivity contribution in [2.45, 2.75) is 6.54 Å². The smallest absolute Gasteiger partial charge is 0.248 e. The summed E-state index contributed by atoms with van der Waals surface area (Å²) in [5, 5.41) is 3.20. The summed E-state index contributed by atoms with van der Waals surface area (Å²) in [4.78, 5) is 8.29. The first kappa shape index (κ1) is 15.6. The van der Waals surface area contributed by atoms with Gasteiger partial charge in [-0.25, -0.2) is 4.98 Å². The van der Waals surface area contributed by atoms with Crippen LogP contribution >= 0.6 is 0 Å². The second kappa shape index (κ2) is 7.32. The van der Waals surface area contributed by atoms with Crippen molar-refractivity contribution in [2.24, 2.45) is 0 Å². The lowest BCUT2D eigenvalue weighted by atomic mass is 10.2. The number of ether oxygens (including phenoxy) is 2. The number of benzene rings is 2. The molecule has 0 bridgehead atoms. The van der Waals surface area contributed by atoms with Crippen LogP contribution in [-0.4, -0.2) is 17.1 Å². The van der Waals surface area contributed by atoms with E-state index in [2.05, 4.69) is 15.3 Å². The van der Waals surface area contributed by atoms with Crippen LogP contribution in [0.3, 0.4) is 0 Å². The molecule has 2 aromatic carbocycles. The molecule has 24 heavy (non-hydrogen) atoms. The molecule has 0 aliphatic rings. The third kappa shape index (κ3) is 3.55. The standard InChI is InChI=1S/C18H18N4O2/c1-23-14-9-5-6-10-15(14)24-18-16(19)17(21-12-22-18)20-11-13-7-3-2-4-8-13/h2-10,12H,11,19H2,1H3,(H,20,21,22). The summed E-state index contributed by atoms with van der Waals surface area (Å²) in [5.74, 6) is 1.96. The fourth-order valence-electron chi connectivity index (χ4n) is 2.19. The summed E-state index contributed by atoms with van der Waals surface area (Å²) in [5.41, 5.74) is 7.61. The van der Waals surface area contributed by atoms with Crippen LogP contribution in [0.4, 0.5) is 11.5 Å². The number of hydrogen-bond acceptors (Lipinski definition) is 6. The Hall–Kier alpha value is -3.28. The third-order valence-electron chi connectivity index (χ3n) is 3.43. The number of hydrogen-bond donors (Lipinski definition) is 2. The number of methoxy groups -OCH3 is 1. The van der Waals surface area contributed by atoms with E-state index in [0.29, 0.717) is 29.5 Å². The first-order chi connectivity index (χ1) is 11.8. The first-order valence-electron chi connectivity index (χ1n) is 7.47. The van der Waals surface area contributed by atoms with Gasteiger partial charge in [-0.15, -0.1) is 0 Å². The second-order valence-electron chi connectivity index (χ2n) is 5.03. The van der Waals surface area contributed by atoms with E-state index in [4.69, 9.17) is 15.2 Å². The van der Waals surface area contributed by atoms with Crippen molar-refractivity contribution in [1.82, 2.24) is 9.97 Å². The van der Waals surface area contributed by atoms with E-state index >= 15 is 0 Å². The van der Waals surface area contributed by atoms with E-state index in [1.165, 1.54) is 6.33 Å². The molecule has 0 aliphatic carbocycles. The van der Waals surface area contributed by atoms with Gasteiger partial charge >= 0.3 is 0 Å². The molecule has 0 atom stereocenters. The number of nitrogens with one attached hydrogen (secondary N) is 1. The van der Waals surface area contributed by atoms with Crippen molar-refractivity contribution in [2.75, 3.05) is 18.2 Å². The SMILES string of the molecule is COc1ccccc1Oc1ncnc(NCc2ccccc2)c1N. The Labute approximate surface area is 140 Å². The van der Waals surface area contributed by atoms with Crippen LogP contribution in [0.2, 0.25) is 0 Å². The summed E-state index contributed by atoms with van der Waals surface area (Å²) in [6.45, 7) is 0.607. The maximum Gasteiger partial charge on any atom is 0.248 e. The molecule has 0 radical (unpaired) electrons. The van der Waals surface area contributed by atoms with E-state index in [1.807, 2.05) is 42.5 Å². The molecule has 0 spiro atoms. The predicted molar refractivity (Wildman–Crippen MR) is 93.3 cm³/mol. The average molecular weight is 322 g/mol. The Morgan fingerprint density at radius 3 is 2.42 bits per heavy atom. The molecule has 0 amide bonds. The van der Waals surface area contributed by atoms with Gasteiger partial charge in [-0.3, -0.25) is 0 Å². The van der Waals surface area contributed by atoms with Crippen molar-refractivity contribution in [1.29, 1.82) is 0 Å². The molecule has 3 aromatic rings. The van der Waals surface area contributed by atoms with Gasteiger partial charge in [0.05, 0.1) is 7.11 Å². The van der Waals surface area contributed by atoms with Gasteiger partial charge in [0.15, 0.2) is 17.3 Å². The molecule has 6 heteroatoms. The molecule has 3 N–H and O–H groups in total. The van der Waals surface area contributed by atoms with Crippen LogP contribution in [0.5, 0.6) is 17.4 Å². The Morgan fingerprint density at radius 1 is 0.958 bits per heavy atom. The number of para-hydroxylation sites is 2. The zero-order chi connectivity index (χ0) is 16.8. The molecule has 0 aliphatic heterocycles. The lowest BCUT2D eigenvalue weighted by molar-refractivity contribution is 0.374. The molecule has 3 rings (SSSR count). The number of aromatic nitrogens is 2. The highest BCUT2D eigenvalue weighted by Crippen LogP contribution is 2.34. The summed E-state index contributed by atoms with van der Waals surface area (Å²) in [6, 6.07) is 17.3. The summed E-state index contributed by atoms with van der Waals surface area (Å²) < 4.78 is 11.1. The molecule has 1 aromatic heterocycles. The summed E-state index contributed by atoms with van der Waals surface area (Å²) in [7, 11) is 1.58. The van der Waals surface area contributed by atoms with Gasteiger partial charge in [-0.1, -0.05) is 42.5 Å². The number of nitrogen functional groups attached to an aromatic ring is 1. The van der Waals surface area contributed by atoms with Crippen LogP contribution in [0.15, 0.2) is 60.9 Å². The van der Waals surface area contributed by atoms with E-state index in [1.54, 1.807) is 19.2 Å². The third-order valence-corrected chi connectivity index (χ3v) is 3.43. The van der Waals surface area contributed by atoms with Crippen molar-refractivity contribution < 1.29 is 9.47 Å². The molecule has 0 saturated heterocycles. The lowest BCUT2D eigenvalue weighted by Gasteiger charge is -2.13. The maximum absolute atomic E-state index is 6.13. The number of nitrogens with two attached hydrogens (primary N) is 1. The molecule has 0 unspecified atom stereocenters. The summed E-state index contributed by atoms with van der Waals surface area (Å²) >= 11 is 0. The van der Waals surface area contributed by atoms with E-state index in [-0.39, 0.29) is 5.88 Å². The van der Waals surface area contributed by atoms with Gasteiger partial charge in [0.1, 0.15) is 12.0 Å². The Balaban J connectivity index is 1.78. The molecule has 0 fully saturated rings. The van der Waals surface area contributed by atoms with Gasteiger partial charge in [0.2, 0.25) is 5.88 Å². The first-order valence-corrected chi connectivity index (χ1v) is 7.47. The Morgan fingerprint density at radius 2 is 1.67 bits per heavy atom. The highest BCUT2D eigenvalue weighted by molar-refractivity contribution is 5.67. The molecular weight excluding hydrogens is 304 g/mol. The van der Waals surface area contributed by atoms with Crippen molar-refractivity contribution in [3.63, 3.8) is 0 Å². The highest BCUT2D eigenvalue weighted by atomic mass is 16.5. The molecule has 1 heterocycles. The van der Waals surface area contributed by atoms with E-state index < -0.39 is 0 Å². The van der Waals surface area contributed by atoms with E-state index in [9.17, 15) is 0 Å². The van der Waals surface area contributed by atoms with E-state index in [0.717, 1.165) is 5.56 Å². The van der Waals surface area contributed by atoms with Gasteiger partial charge in [-0.2, -0.15) is 4.98 Å². The fraction of sp³-hybridized carbons (Fsp3) is 0.111. The van der Waals surface area contributed by atoms with Crippen LogP contribution in [0.1, 0.15) is 5.56 Å². The monoisotopic (exact) mass is 322 g/mol. The maximum atomic E-state index is 6.13. The van der Waals surface area contributed by atoms with Gasteiger partial charge in [0, 0.05) is 6.54 Å². The minimum atomic E-state index is 0.282. The van der Waals surface area contributed by atoms with Crippen LogP contribution in [0, 0.1) is 0 Å². The minimum absolute atomic E-state index is 0.282. The molecule has 6 nitrogen and oxygen atoms in total. The minimum Gasteiger partial charge on any atom is -0.493 e. The lowest BCUT2D eigenvalue weighted by Crippen LogP contribution is -2.06. The van der Waals surface area contributed by atoms with Gasteiger partial charge in [0.25, 0.3) is 0 Å². The van der Waals surface area contributed by atoms with Crippen molar-refractivity contribution in [3.8, 4) is 17.4 Å². The Bertz CT molecular complexity index is 809. The molecule has 122 valence electrons. The zero-order valence-corrected chi connectivity index (χ0v) is 13.3. The van der Waals surface area contributed by atoms with Crippen LogP contribution in [0.25, 0.3) is 0 Å². The van der Waals surface area contributed by atoms with Crippen molar-refractivity contribution >= 4 is 11.5 Å². The zero-order valence-electron chi connectivity index (χ0n) is 13.3.